The van der Waals surface area contributed by atoms with Crippen molar-refractivity contribution in [3.05, 3.63) is 27.8 Å². The summed E-state index contributed by atoms with van der Waals surface area (Å²) in [5.74, 6) is -1.23. The van der Waals surface area contributed by atoms with Gasteiger partial charge in [0.2, 0.25) is 5.91 Å². The smallest absolute Gasteiger partial charge is 0.310 e. The number of benzene rings is 1. The Morgan fingerprint density at radius 1 is 1.52 bits per heavy atom. The molecule has 0 radical (unpaired) electrons. The Bertz CT molecular complexity index is 639. The lowest BCUT2D eigenvalue weighted by molar-refractivity contribution is -0.384. The first kappa shape index (κ1) is 14.8. The van der Waals surface area contributed by atoms with Gasteiger partial charge >= 0.3 is 5.97 Å². The van der Waals surface area contributed by atoms with Gasteiger partial charge in [-0.15, -0.1) is 0 Å². The standard InChI is InChI=1S/C13H15N3O5/c1-13(2,12(18)19)6-14-9-5-8-7(4-11(17)15-8)3-10(9)16(20)21/h3,5,14H,4,6H2,1-2H3,(H,15,17)(H,18,19). The molecule has 3 N–H and O–H groups in total. The second-order valence-electron chi connectivity index (χ2n) is 5.55. The van der Waals surface area contributed by atoms with E-state index in [1.165, 1.54) is 26.0 Å². The molecule has 1 aromatic rings. The number of carbonyl (C=O) groups is 2. The van der Waals surface area contributed by atoms with Crippen LogP contribution in [-0.2, 0) is 16.0 Å². The van der Waals surface area contributed by atoms with Gasteiger partial charge in [0.15, 0.2) is 0 Å². The zero-order valence-corrected chi connectivity index (χ0v) is 11.6. The van der Waals surface area contributed by atoms with Gasteiger partial charge in [-0.1, -0.05) is 0 Å². The number of nitro groups is 1. The molecule has 21 heavy (non-hydrogen) atoms. The van der Waals surface area contributed by atoms with E-state index in [4.69, 9.17) is 5.11 Å². The van der Waals surface area contributed by atoms with Crippen molar-refractivity contribution >= 4 is 28.9 Å². The van der Waals surface area contributed by atoms with Gasteiger partial charge < -0.3 is 15.7 Å². The van der Waals surface area contributed by atoms with E-state index in [2.05, 4.69) is 10.6 Å². The first-order valence-corrected chi connectivity index (χ1v) is 6.29. The highest BCUT2D eigenvalue weighted by atomic mass is 16.6. The molecule has 8 heteroatoms. The van der Waals surface area contributed by atoms with Crippen LogP contribution in [0.4, 0.5) is 17.1 Å². The number of hydrogen-bond acceptors (Lipinski definition) is 5. The largest absolute Gasteiger partial charge is 0.481 e. The fourth-order valence-electron chi connectivity index (χ4n) is 1.95. The van der Waals surface area contributed by atoms with E-state index in [-0.39, 0.29) is 30.2 Å². The van der Waals surface area contributed by atoms with Crippen molar-refractivity contribution in [1.82, 2.24) is 0 Å². The number of carboxylic acid groups (broad SMARTS) is 1. The molecule has 0 fully saturated rings. The summed E-state index contributed by atoms with van der Waals surface area (Å²) in [6.45, 7) is 3.06. The Morgan fingerprint density at radius 3 is 2.76 bits per heavy atom. The fraction of sp³-hybridized carbons (Fsp3) is 0.385. The third-order valence-corrected chi connectivity index (χ3v) is 3.34. The Hall–Kier alpha value is -2.64. The van der Waals surface area contributed by atoms with Gasteiger partial charge in [0.1, 0.15) is 5.69 Å². The van der Waals surface area contributed by atoms with Gasteiger partial charge in [-0.3, -0.25) is 19.7 Å². The third-order valence-electron chi connectivity index (χ3n) is 3.34. The molecule has 8 nitrogen and oxygen atoms in total. The molecule has 1 amide bonds. The lowest BCUT2D eigenvalue weighted by Crippen LogP contribution is -2.31. The number of nitro benzene ring substituents is 1. The highest BCUT2D eigenvalue weighted by Gasteiger charge is 2.29. The minimum Gasteiger partial charge on any atom is -0.481 e. The van der Waals surface area contributed by atoms with E-state index in [1.54, 1.807) is 0 Å². The monoisotopic (exact) mass is 293 g/mol. The fourth-order valence-corrected chi connectivity index (χ4v) is 1.95. The van der Waals surface area contributed by atoms with Gasteiger partial charge in [0, 0.05) is 18.3 Å². The highest BCUT2D eigenvalue weighted by Crippen LogP contribution is 2.35. The summed E-state index contributed by atoms with van der Waals surface area (Å²) in [6, 6.07) is 2.81. The zero-order chi connectivity index (χ0) is 15.8. The first-order chi connectivity index (χ1) is 9.70. The number of amides is 1. The van der Waals surface area contributed by atoms with Crippen LogP contribution >= 0.6 is 0 Å². The van der Waals surface area contributed by atoms with Gasteiger partial charge in [-0.25, -0.2) is 0 Å². The minimum absolute atomic E-state index is 0.0237. The van der Waals surface area contributed by atoms with E-state index < -0.39 is 16.3 Å². The average molecular weight is 293 g/mol. The van der Waals surface area contributed by atoms with Crippen LogP contribution in [0.2, 0.25) is 0 Å². The second kappa shape index (κ2) is 5.04. The van der Waals surface area contributed by atoms with Crippen molar-refractivity contribution in [3.63, 3.8) is 0 Å². The van der Waals surface area contributed by atoms with Gasteiger partial charge in [-0.05, 0) is 25.5 Å². The topological polar surface area (TPSA) is 122 Å². The number of rotatable bonds is 5. The summed E-state index contributed by atoms with van der Waals surface area (Å²) in [6.07, 6.45) is 0.108. The Labute approximate surface area is 120 Å². The van der Waals surface area contributed by atoms with Crippen molar-refractivity contribution < 1.29 is 19.6 Å². The molecule has 1 heterocycles. The Morgan fingerprint density at radius 2 is 2.19 bits per heavy atom. The molecule has 0 bridgehead atoms. The van der Waals surface area contributed by atoms with E-state index in [1.807, 2.05) is 0 Å². The van der Waals surface area contributed by atoms with Gasteiger partial charge in [0.05, 0.1) is 16.8 Å². The molecule has 0 atom stereocenters. The summed E-state index contributed by atoms with van der Waals surface area (Å²) in [5.41, 5.74) is 0.0218. The van der Waals surface area contributed by atoms with Crippen LogP contribution in [0.15, 0.2) is 12.1 Å². The molecule has 0 saturated heterocycles. The molecule has 0 saturated carbocycles. The lowest BCUT2D eigenvalue weighted by atomic mass is 9.93. The van der Waals surface area contributed by atoms with E-state index in [9.17, 15) is 19.7 Å². The van der Waals surface area contributed by atoms with E-state index >= 15 is 0 Å². The second-order valence-corrected chi connectivity index (χ2v) is 5.55. The summed E-state index contributed by atoms with van der Waals surface area (Å²) in [5, 5.41) is 25.6. The molecule has 0 aromatic heterocycles. The average Bonchev–Trinajstić information content (AvgIpc) is 2.73. The molecule has 1 aliphatic rings. The van der Waals surface area contributed by atoms with Crippen molar-refractivity contribution in [2.45, 2.75) is 20.3 Å². The quantitative estimate of drug-likeness (QED) is 0.560. The number of hydrogen-bond donors (Lipinski definition) is 3. The first-order valence-electron chi connectivity index (χ1n) is 6.29. The predicted molar refractivity (Wildman–Crippen MR) is 75.3 cm³/mol. The van der Waals surface area contributed by atoms with Crippen molar-refractivity contribution in [2.75, 3.05) is 17.2 Å². The van der Waals surface area contributed by atoms with Crippen LogP contribution in [0, 0.1) is 15.5 Å². The molecular weight excluding hydrogens is 278 g/mol. The summed E-state index contributed by atoms with van der Waals surface area (Å²) < 4.78 is 0. The molecule has 0 unspecified atom stereocenters. The summed E-state index contributed by atoms with van der Waals surface area (Å²) >= 11 is 0. The molecule has 0 spiro atoms. The predicted octanol–water partition coefficient (Wildman–Crippen LogP) is 1.61. The van der Waals surface area contributed by atoms with Crippen LogP contribution in [0.5, 0.6) is 0 Å². The lowest BCUT2D eigenvalue weighted by Gasteiger charge is -2.20. The molecule has 112 valence electrons. The number of carboxylic acids is 1. The maximum atomic E-state index is 11.3. The number of anilines is 2. The van der Waals surface area contributed by atoms with Crippen LogP contribution in [0.25, 0.3) is 0 Å². The molecular formula is C13H15N3O5. The molecule has 0 aliphatic carbocycles. The normalized spacial score (nSPS) is 13.5. The van der Waals surface area contributed by atoms with Crippen molar-refractivity contribution in [3.8, 4) is 0 Å². The van der Waals surface area contributed by atoms with Gasteiger partial charge in [-0.2, -0.15) is 0 Å². The number of aliphatic carboxylic acids is 1. The molecule has 2 rings (SSSR count). The van der Waals surface area contributed by atoms with Crippen LogP contribution in [-0.4, -0.2) is 28.5 Å². The van der Waals surface area contributed by atoms with Crippen LogP contribution < -0.4 is 10.6 Å². The Kier molecular flexibility index (Phi) is 3.54. The number of nitrogens with zero attached hydrogens (tertiary/aromatic N) is 1. The minimum atomic E-state index is -1.07. The highest BCUT2D eigenvalue weighted by molar-refractivity contribution is 6.00. The van der Waals surface area contributed by atoms with Crippen LogP contribution in [0.3, 0.4) is 0 Å². The van der Waals surface area contributed by atoms with Crippen molar-refractivity contribution in [1.29, 1.82) is 0 Å². The van der Waals surface area contributed by atoms with E-state index in [0.29, 0.717) is 11.3 Å². The maximum absolute atomic E-state index is 11.3. The SMILES string of the molecule is CC(C)(CNc1cc2c(cc1[N+](=O)[O-])CC(=O)N2)C(=O)O. The zero-order valence-electron chi connectivity index (χ0n) is 11.6. The third kappa shape index (κ3) is 2.93. The number of nitrogens with one attached hydrogen (secondary N) is 2. The van der Waals surface area contributed by atoms with Crippen LogP contribution in [0.1, 0.15) is 19.4 Å². The Balaban J connectivity index is 2.31. The van der Waals surface area contributed by atoms with Gasteiger partial charge in [0.25, 0.3) is 5.69 Å². The molecule has 1 aromatic carbocycles. The summed E-state index contributed by atoms with van der Waals surface area (Å²) in [4.78, 5) is 32.9. The number of carbonyl (C=O) groups excluding carboxylic acids is 1. The van der Waals surface area contributed by atoms with E-state index in [0.717, 1.165) is 0 Å². The van der Waals surface area contributed by atoms with Crippen molar-refractivity contribution in [2.24, 2.45) is 5.41 Å². The summed E-state index contributed by atoms with van der Waals surface area (Å²) in [7, 11) is 0. The maximum Gasteiger partial charge on any atom is 0.310 e. The number of fused-ring (bicyclic) bond motifs is 1. The molecule has 1 aliphatic heterocycles.